The van der Waals surface area contributed by atoms with E-state index in [2.05, 4.69) is 9.58 Å². The predicted molar refractivity (Wildman–Crippen MR) is 72.7 cm³/mol. The summed E-state index contributed by atoms with van der Waals surface area (Å²) in [5, 5.41) is 0. The molecule has 1 atom stereocenters. The lowest BCUT2D eigenvalue weighted by Gasteiger charge is -2.19. The van der Waals surface area contributed by atoms with Crippen LogP contribution in [-0.2, 0) is 20.2 Å². The number of fused-ring (bicyclic) bond motifs is 1. The minimum Gasteiger partial charge on any atom is -0.362 e. The van der Waals surface area contributed by atoms with Crippen LogP contribution in [0.4, 0.5) is 0 Å². The third-order valence-electron chi connectivity index (χ3n) is 3.12. The zero-order valence-corrected chi connectivity index (χ0v) is 12.3. The molecule has 0 saturated carbocycles. The van der Waals surface area contributed by atoms with Crippen LogP contribution in [0, 0.1) is 5.92 Å². The number of rotatable bonds is 2. The monoisotopic (exact) mass is 344 g/mol. The van der Waals surface area contributed by atoms with Gasteiger partial charge in [0.05, 0.1) is 11.3 Å². The first kappa shape index (κ1) is 16.2. The van der Waals surface area contributed by atoms with Crippen LogP contribution in [0.1, 0.15) is 6.42 Å². The predicted octanol–water partition coefficient (Wildman–Crippen LogP) is -0.169. The molecule has 0 bridgehead atoms. The van der Waals surface area contributed by atoms with Crippen molar-refractivity contribution in [2.45, 2.75) is 6.42 Å². The van der Waals surface area contributed by atoms with Crippen molar-refractivity contribution in [1.82, 2.24) is 0 Å². The van der Waals surface area contributed by atoms with Gasteiger partial charge in [0, 0.05) is 6.08 Å². The van der Waals surface area contributed by atoms with Gasteiger partial charge < -0.3 is 11.1 Å². The van der Waals surface area contributed by atoms with Crippen LogP contribution < -0.4 is 0 Å². The van der Waals surface area contributed by atoms with E-state index in [1.165, 1.54) is 0 Å². The van der Waals surface area contributed by atoms with Gasteiger partial charge in [-0.05, 0) is 17.7 Å². The Hall–Kier alpha value is -2.20. The third kappa shape index (κ3) is 2.88. The molecule has 2 N–H and O–H groups in total. The summed E-state index contributed by atoms with van der Waals surface area (Å²) in [6.07, 6.45) is 2.27. The second-order valence-corrected chi connectivity index (χ2v) is 7.37. The highest BCUT2D eigenvalue weighted by molar-refractivity contribution is 7.90. The molecule has 22 heavy (non-hydrogen) atoms. The van der Waals surface area contributed by atoms with Gasteiger partial charge in [0.15, 0.2) is 5.92 Å². The van der Waals surface area contributed by atoms with E-state index in [4.69, 9.17) is 20.2 Å². The molecule has 10 nitrogen and oxygen atoms in total. The first-order chi connectivity index (χ1) is 10.1. The Morgan fingerprint density at radius 2 is 1.64 bits per heavy atom. The van der Waals surface area contributed by atoms with E-state index in [9.17, 15) is 16.8 Å². The molecule has 0 fully saturated rings. The number of hydrogen-bond acceptors (Lipinski definition) is 4. The second kappa shape index (κ2) is 5.21. The fraction of sp³-hybridized carbons (Fsp3) is 0.200. The molecule has 0 heterocycles. The first-order valence-electron chi connectivity index (χ1n) is 5.59. The van der Waals surface area contributed by atoms with Crippen molar-refractivity contribution in [1.29, 1.82) is 0 Å². The summed E-state index contributed by atoms with van der Waals surface area (Å²) in [7, 11) is -9.25. The molecule has 0 saturated heterocycles. The van der Waals surface area contributed by atoms with Crippen LogP contribution in [0.15, 0.2) is 33.6 Å². The van der Waals surface area contributed by atoms with E-state index in [0.29, 0.717) is 0 Å². The maximum absolute atomic E-state index is 11.2. The molecule has 0 aromatic heterocycles. The highest BCUT2D eigenvalue weighted by atomic mass is 32.2. The van der Waals surface area contributed by atoms with E-state index in [1.54, 1.807) is 0 Å². The summed E-state index contributed by atoms with van der Waals surface area (Å²) in [6, 6.07) is 0. The molecule has 0 aromatic rings. The molecule has 1 unspecified atom stereocenters. The molecule has 0 radical (unpaired) electrons. The molecule has 2 aliphatic carbocycles. The first-order valence-corrected chi connectivity index (χ1v) is 8.47. The van der Waals surface area contributed by atoms with Gasteiger partial charge in [-0.15, -0.1) is 0 Å². The normalized spacial score (nSPS) is 21.9. The third-order valence-corrected chi connectivity index (χ3v) is 4.87. The molecular formula is C10H8N4O6S2. The van der Waals surface area contributed by atoms with Crippen LogP contribution in [0.5, 0.6) is 0 Å². The molecular weight excluding hydrogens is 336 g/mol. The standard InChI is InChI=1S/C10H8N4O6S2/c11-13-8-3-6(21(15,16)17)1-5-2-7(22(18,19)20)4-9(14-12)10(5)8/h1-3,10H,4H2,(H,15,16,17)(H,18,19,20). The average molecular weight is 344 g/mol. The minimum atomic E-state index is -4.65. The molecule has 0 aromatic carbocycles. The SMILES string of the molecule is [N-]=[N+]=C1C=C(S(=O)(=O)O)C=C2C=C(S(=O)(=O)O)CC(=[N+]=[N-])C21. The molecule has 0 amide bonds. The molecule has 0 aliphatic heterocycles. The van der Waals surface area contributed by atoms with E-state index in [1.807, 2.05) is 0 Å². The Bertz CT molecular complexity index is 957. The Kier molecular flexibility index (Phi) is 3.83. The Labute approximate surface area is 124 Å². The van der Waals surface area contributed by atoms with E-state index >= 15 is 0 Å². The molecule has 2 aliphatic rings. The topological polar surface area (TPSA) is 182 Å². The average Bonchev–Trinajstić information content (AvgIpc) is 2.42. The lowest BCUT2D eigenvalue weighted by atomic mass is 9.81. The van der Waals surface area contributed by atoms with Gasteiger partial charge in [-0.2, -0.15) is 26.4 Å². The Morgan fingerprint density at radius 3 is 2.09 bits per heavy atom. The van der Waals surface area contributed by atoms with Crippen LogP contribution in [0.2, 0.25) is 0 Å². The van der Waals surface area contributed by atoms with Crippen molar-refractivity contribution in [2.75, 3.05) is 0 Å². The van der Waals surface area contributed by atoms with Crippen LogP contribution in [0.25, 0.3) is 11.1 Å². The Morgan fingerprint density at radius 1 is 1.00 bits per heavy atom. The second-order valence-electron chi connectivity index (χ2n) is 4.48. The smallest absolute Gasteiger partial charge is 0.312 e. The largest absolute Gasteiger partial charge is 0.362 e. The summed E-state index contributed by atoms with van der Waals surface area (Å²) in [5.74, 6) is -1.01. The quantitative estimate of drug-likeness (QED) is 0.398. The number of nitrogens with zero attached hydrogens (tertiary/aromatic N) is 4. The number of allylic oxidation sites excluding steroid dienone is 5. The van der Waals surface area contributed by atoms with Gasteiger partial charge in [0.1, 0.15) is 4.91 Å². The summed E-state index contributed by atoms with van der Waals surface area (Å²) < 4.78 is 62.9. The fourth-order valence-corrected chi connectivity index (χ4v) is 3.36. The van der Waals surface area contributed by atoms with Crippen molar-refractivity contribution in [3.05, 3.63) is 44.7 Å². The maximum atomic E-state index is 11.2. The van der Waals surface area contributed by atoms with E-state index in [-0.39, 0.29) is 17.0 Å². The van der Waals surface area contributed by atoms with Gasteiger partial charge in [-0.1, -0.05) is 0 Å². The maximum Gasteiger partial charge on any atom is 0.312 e. The van der Waals surface area contributed by atoms with Gasteiger partial charge in [-0.3, -0.25) is 9.11 Å². The van der Waals surface area contributed by atoms with Crippen molar-refractivity contribution in [3.63, 3.8) is 0 Å². The van der Waals surface area contributed by atoms with Gasteiger partial charge in [-0.25, -0.2) is 0 Å². The molecule has 0 spiro atoms. The lowest BCUT2D eigenvalue weighted by molar-refractivity contribution is -0.0219. The van der Waals surface area contributed by atoms with E-state index < -0.39 is 42.4 Å². The van der Waals surface area contributed by atoms with Crippen LogP contribution >= 0.6 is 0 Å². The highest BCUT2D eigenvalue weighted by Gasteiger charge is 2.45. The molecule has 116 valence electrons. The van der Waals surface area contributed by atoms with Crippen LogP contribution in [0.3, 0.4) is 0 Å². The van der Waals surface area contributed by atoms with Crippen molar-refractivity contribution in [3.8, 4) is 0 Å². The minimum absolute atomic E-state index is 0.0467. The van der Waals surface area contributed by atoms with Crippen molar-refractivity contribution >= 4 is 31.7 Å². The van der Waals surface area contributed by atoms with E-state index in [0.717, 1.165) is 18.2 Å². The molecule has 12 heteroatoms. The van der Waals surface area contributed by atoms with Crippen molar-refractivity contribution in [2.24, 2.45) is 5.92 Å². The van der Waals surface area contributed by atoms with Crippen molar-refractivity contribution < 1.29 is 35.5 Å². The van der Waals surface area contributed by atoms with Gasteiger partial charge in [0.2, 0.25) is 0 Å². The summed E-state index contributed by atoms with van der Waals surface area (Å²) in [5.41, 5.74) is 17.5. The zero-order chi connectivity index (χ0) is 16.7. The van der Waals surface area contributed by atoms with Crippen LogP contribution in [-0.4, -0.2) is 46.9 Å². The summed E-state index contributed by atoms with van der Waals surface area (Å²) >= 11 is 0. The van der Waals surface area contributed by atoms with Gasteiger partial charge in [0.25, 0.3) is 25.9 Å². The summed E-state index contributed by atoms with van der Waals surface area (Å²) in [4.78, 5) is 4.61. The lowest BCUT2D eigenvalue weighted by Crippen LogP contribution is -2.33. The Balaban J connectivity index is 2.78. The molecule has 2 rings (SSSR count). The number of hydrogen-bond donors (Lipinski definition) is 2. The fourth-order valence-electron chi connectivity index (χ4n) is 2.19. The summed E-state index contributed by atoms with van der Waals surface area (Å²) in [6.45, 7) is 0. The zero-order valence-electron chi connectivity index (χ0n) is 10.6. The highest BCUT2D eigenvalue weighted by Crippen LogP contribution is 2.33. The van der Waals surface area contributed by atoms with Gasteiger partial charge >= 0.3 is 5.71 Å².